The smallest absolute Gasteiger partial charge is 0.223 e. The van der Waals surface area contributed by atoms with Gasteiger partial charge in [0.05, 0.1) is 5.75 Å². The molecular formula is C22H34N2O3S. The third-order valence-corrected chi connectivity index (χ3v) is 7.99. The first-order valence-electron chi connectivity index (χ1n) is 10.8. The molecule has 156 valence electrons. The summed E-state index contributed by atoms with van der Waals surface area (Å²) in [5, 5.41) is 3.25. The molecule has 1 aliphatic carbocycles. The van der Waals surface area contributed by atoms with E-state index in [2.05, 4.69) is 5.32 Å². The van der Waals surface area contributed by atoms with Gasteiger partial charge in [-0.1, -0.05) is 61.9 Å². The van der Waals surface area contributed by atoms with E-state index >= 15 is 0 Å². The van der Waals surface area contributed by atoms with Crippen molar-refractivity contribution in [1.82, 2.24) is 9.62 Å². The van der Waals surface area contributed by atoms with Gasteiger partial charge in [-0.05, 0) is 38.2 Å². The molecule has 5 nitrogen and oxygen atoms in total. The molecule has 0 spiro atoms. The van der Waals surface area contributed by atoms with Gasteiger partial charge in [-0.2, -0.15) is 0 Å². The van der Waals surface area contributed by atoms with Crippen molar-refractivity contribution >= 4 is 15.9 Å². The van der Waals surface area contributed by atoms with Gasteiger partial charge in [0, 0.05) is 25.0 Å². The maximum absolute atomic E-state index is 12.7. The molecule has 1 heterocycles. The number of amides is 1. The van der Waals surface area contributed by atoms with Crippen LogP contribution in [0.5, 0.6) is 0 Å². The number of benzene rings is 1. The van der Waals surface area contributed by atoms with Gasteiger partial charge in [-0.3, -0.25) is 4.79 Å². The van der Waals surface area contributed by atoms with Crippen LogP contribution < -0.4 is 5.32 Å². The van der Waals surface area contributed by atoms with Crippen molar-refractivity contribution in [3.05, 3.63) is 35.4 Å². The van der Waals surface area contributed by atoms with Gasteiger partial charge in [-0.15, -0.1) is 0 Å². The summed E-state index contributed by atoms with van der Waals surface area (Å²) in [4.78, 5) is 12.7. The van der Waals surface area contributed by atoms with Crippen molar-refractivity contribution in [2.75, 3.05) is 13.1 Å². The number of carbonyl (C=O) groups excluding carboxylic acids is 1. The normalized spacial score (nSPS) is 21.0. The van der Waals surface area contributed by atoms with Crippen molar-refractivity contribution in [1.29, 1.82) is 0 Å². The molecule has 1 saturated heterocycles. The third kappa shape index (κ3) is 6.05. The number of hydrogen-bond donors (Lipinski definition) is 1. The number of piperidine rings is 1. The summed E-state index contributed by atoms with van der Waals surface area (Å²) in [6, 6.07) is 7.94. The number of carbonyl (C=O) groups is 1. The average Bonchev–Trinajstić information content (AvgIpc) is 2.65. The Labute approximate surface area is 169 Å². The van der Waals surface area contributed by atoms with Crippen LogP contribution in [0.25, 0.3) is 0 Å². The predicted molar refractivity (Wildman–Crippen MR) is 112 cm³/mol. The summed E-state index contributed by atoms with van der Waals surface area (Å²) in [6.07, 6.45) is 9.63. The Hall–Kier alpha value is -1.40. The highest BCUT2D eigenvalue weighted by molar-refractivity contribution is 7.88. The number of nitrogens with one attached hydrogen (secondary N) is 1. The van der Waals surface area contributed by atoms with Crippen LogP contribution in [0.3, 0.4) is 0 Å². The lowest BCUT2D eigenvalue weighted by Gasteiger charge is -2.32. The SMILES string of the molecule is Cc1ccc(CS(=O)(=O)N2CCC(C(=O)NC3CCCCCCC3)CC2)cc1. The van der Waals surface area contributed by atoms with Gasteiger partial charge in [0.1, 0.15) is 0 Å². The van der Waals surface area contributed by atoms with Crippen LogP contribution in [0, 0.1) is 12.8 Å². The lowest BCUT2D eigenvalue weighted by molar-refractivity contribution is -0.127. The zero-order valence-corrected chi connectivity index (χ0v) is 17.8. The monoisotopic (exact) mass is 406 g/mol. The van der Waals surface area contributed by atoms with Crippen molar-refractivity contribution in [2.24, 2.45) is 5.92 Å². The zero-order chi connectivity index (χ0) is 20.0. The standard InChI is InChI=1S/C22H34N2O3S/c1-18-9-11-19(12-10-18)17-28(26,27)24-15-13-20(14-16-24)22(25)23-21-7-5-3-2-4-6-8-21/h9-12,20-21H,2-8,13-17H2,1H3,(H,23,25). The highest BCUT2D eigenvalue weighted by atomic mass is 32.2. The molecule has 0 unspecified atom stereocenters. The third-order valence-electron chi connectivity index (χ3n) is 6.14. The minimum atomic E-state index is -3.33. The predicted octanol–water partition coefficient (Wildman–Crippen LogP) is 3.77. The molecule has 0 aromatic heterocycles. The van der Waals surface area contributed by atoms with Gasteiger partial charge in [0.25, 0.3) is 0 Å². The molecular weight excluding hydrogens is 372 g/mol. The first-order chi connectivity index (χ1) is 13.4. The second kappa shape index (κ2) is 9.88. The van der Waals surface area contributed by atoms with Crippen LogP contribution in [0.4, 0.5) is 0 Å². The van der Waals surface area contributed by atoms with E-state index in [-0.39, 0.29) is 17.6 Å². The fraction of sp³-hybridized carbons (Fsp3) is 0.682. The van der Waals surface area contributed by atoms with Crippen molar-refractivity contribution in [3.63, 3.8) is 0 Å². The summed E-state index contributed by atoms with van der Waals surface area (Å²) in [5.41, 5.74) is 1.94. The Bertz CT molecular complexity index is 730. The van der Waals surface area contributed by atoms with Crippen molar-refractivity contribution < 1.29 is 13.2 Å². The first kappa shape index (κ1) is 21.3. The lowest BCUT2D eigenvalue weighted by atomic mass is 9.94. The summed E-state index contributed by atoms with van der Waals surface area (Å²) in [5.74, 6) is 0.101. The van der Waals surface area contributed by atoms with Crippen molar-refractivity contribution in [3.8, 4) is 0 Å². The fourth-order valence-electron chi connectivity index (χ4n) is 4.30. The van der Waals surface area contributed by atoms with Gasteiger partial charge < -0.3 is 5.32 Å². The van der Waals surface area contributed by atoms with Crippen LogP contribution in [0.15, 0.2) is 24.3 Å². The number of hydrogen-bond acceptors (Lipinski definition) is 3. The molecule has 1 aromatic carbocycles. The number of nitrogens with zero attached hydrogens (tertiary/aromatic N) is 1. The van der Waals surface area contributed by atoms with E-state index in [0.717, 1.165) is 24.0 Å². The topological polar surface area (TPSA) is 66.5 Å². The van der Waals surface area contributed by atoms with Crippen LogP contribution in [-0.2, 0) is 20.6 Å². The van der Waals surface area contributed by atoms with E-state index in [1.165, 1.54) is 32.1 Å². The Morgan fingerprint density at radius 2 is 1.54 bits per heavy atom. The Balaban J connectivity index is 1.48. The second-order valence-corrected chi connectivity index (χ2v) is 10.4. The second-order valence-electron chi connectivity index (χ2n) is 8.47. The minimum Gasteiger partial charge on any atom is -0.353 e. The van der Waals surface area contributed by atoms with E-state index in [1.54, 1.807) is 4.31 Å². The largest absolute Gasteiger partial charge is 0.353 e. The number of sulfonamides is 1. The highest BCUT2D eigenvalue weighted by Gasteiger charge is 2.31. The Morgan fingerprint density at radius 1 is 0.964 bits per heavy atom. The van der Waals surface area contributed by atoms with Gasteiger partial charge in [0.15, 0.2) is 0 Å². The zero-order valence-electron chi connectivity index (χ0n) is 17.0. The van der Waals surface area contributed by atoms with E-state index in [1.807, 2.05) is 31.2 Å². The highest BCUT2D eigenvalue weighted by Crippen LogP contribution is 2.23. The van der Waals surface area contributed by atoms with E-state index in [0.29, 0.717) is 32.0 Å². The molecule has 0 atom stereocenters. The quantitative estimate of drug-likeness (QED) is 0.809. The Kier molecular flexibility index (Phi) is 7.52. The van der Waals surface area contributed by atoms with Gasteiger partial charge in [0.2, 0.25) is 15.9 Å². The van der Waals surface area contributed by atoms with Crippen LogP contribution in [-0.4, -0.2) is 37.8 Å². The minimum absolute atomic E-state index is 0.0339. The average molecular weight is 407 g/mol. The first-order valence-corrected chi connectivity index (χ1v) is 12.4. The van der Waals surface area contributed by atoms with E-state index < -0.39 is 10.0 Å². The summed E-state index contributed by atoms with van der Waals surface area (Å²) in [7, 11) is -3.33. The van der Waals surface area contributed by atoms with Crippen LogP contribution in [0.1, 0.15) is 68.9 Å². The maximum atomic E-state index is 12.7. The Morgan fingerprint density at radius 3 is 2.14 bits per heavy atom. The van der Waals surface area contributed by atoms with E-state index in [9.17, 15) is 13.2 Å². The number of aryl methyl sites for hydroxylation is 1. The molecule has 6 heteroatoms. The fourth-order valence-corrected chi connectivity index (χ4v) is 5.87. The number of rotatable bonds is 5. The van der Waals surface area contributed by atoms with Gasteiger partial charge in [-0.25, -0.2) is 12.7 Å². The van der Waals surface area contributed by atoms with E-state index in [4.69, 9.17) is 0 Å². The summed E-state index contributed by atoms with van der Waals surface area (Å²) < 4.78 is 27.0. The molecule has 28 heavy (non-hydrogen) atoms. The molecule has 2 fully saturated rings. The lowest BCUT2D eigenvalue weighted by Crippen LogP contribution is -2.45. The molecule has 1 N–H and O–H groups in total. The van der Waals surface area contributed by atoms with Gasteiger partial charge >= 0.3 is 0 Å². The van der Waals surface area contributed by atoms with Crippen molar-refractivity contribution in [2.45, 2.75) is 76.5 Å². The van der Waals surface area contributed by atoms with Crippen LogP contribution >= 0.6 is 0 Å². The molecule has 1 aliphatic heterocycles. The summed E-state index contributed by atoms with van der Waals surface area (Å²) in [6.45, 7) is 2.87. The maximum Gasteiger partial charge on any atom is 0.223 e. The van der Waals surface area contributed by atoms with Crippen LogP contribution in [0.2, 0.25) is 0 Å². The molecule has 2 aliphatic rings. The molecule has 3 rings (SSSR count). The molecule has 0 bridgehead atoms. The molecule has 1 aromatic rings. The molecule has 1 amide bonds. The summed E-state index contributed by atoms with van der Waals surface area (Å²) >= 11 is 0. The molecule has 0 radical (unpaired) electrons. The molecule has 1 saturated carbocycles.